The summed E-state index contributed by atoms with van der Waals surface area (Å²) in [5.74, 6) is 0.941. The molecule has 96 valence electrons. The summed E-state index contributed by atoms with van der Waals surface area (Å²) >= 11 is 0. The van der Waals surface area contributed by atoms with E-state index < -0.39 is 0 Å². The minimum atomic E-state index is 0.539. The first-order valence-corrected chi connectivity index (χ1v) is 6.00. The quantitative estimate of drug-likeness (QED) is 0.897. The van der Waals surface area contributed by atoms with Crippen LogP contribution in [0.15, 0.2) is 24.5 Å². The van der Waals surface area contributed by atoms with Gasteiger partial charge >= 0.3 is 0 Å². The number of hydrogen-bond acceptors (Lipinski definition) is 3. The Hall–Kier alpha value is -1.81. The van der Waals surface area contributed by atoms with Gasteiger partial charge in [-0.1, -0.05) is 12.1 Å². The summed E-state index contributed by atoms with van der Waals surface area (Å²) in [5.41, 5.74) is 10.1. The van der Waals surface area contributed by atoms with Crippen molar-refractivity contribution in [3.05, 3.63) is 46.8 Å². The summed E-state index contributed by atoms with van der Waals surface area (Å²) in [6, 6.07) is 4.15. The summed E-state index contributed by atoms with van der Waals surface area (Å²) in [5, 5.41) is 4.12. The molecule has 0 aliphatic rings. The van der Waals surface area contributed by atoms with Crippen LogP contribution in [0.5, 0.6) is 5.75 Å². The number of benzene rings is 1. The minimum absolute atomic E-state index is 0.539. The SMILES string of the molecule is Cc1cc(CN)cc(C)c1OCc1cnn(C)c1. The van der Waals surface area contributed by atoms with Gasteiger partial charge in [-0.3, -0.25) is 4.68 Å². The van der Waals surface area contributed by atoms with Crippen LogP contribution in [0.4, 0.5) is 0 Å². The molecule has 2 rings (SSSR count). The normalized spacial score (nSPS) is 10.7. The van der Waals surface area contributed by atoms with Gasteiger partial charge < -0.3 is 10.5 Å². The van der Waals surface area contributed by atoms with Crippen molar-refractivity contribution < 1.29 is 4.74 Å². The van der Waals surface area contributed by atoms with E-state index in [1.165, 1.54) is 0 Å². The minimum Gasteiger partial charge on any atom is -0.488 e. The molecule has 0 amide bonds. The Morgan fingerprint density at radius 1 is 1.22 bits per heavy atom. The first-order valence-electron chi connectivity index (χ1n) is 6.00. The Labute approximate surface area is 107 Å². The van der Waals surface area contributed by atoms with Crippen LogP contribution in [0.1, 0.15) is 22.3 Å². The zero-order valence-corrected chi connectivity index (χ0v) is 11.1. The van der Waals surface area contributed by atoms with E-state index in [0.717, 1.165) is 28.0 Å². The average Bonchev–Trinajstić information content (AvgIpc) is 2.73. The van der Waals surface area contributed by atoms with Gasteiger partial charge in [-0.05, 0) is 30.5 Å². The molecule has 2 N–H and O–H groups in total. The molecule has 4 heteroatoms. The van der Waals surface area contributed by atoms with Gasteiger partial charge in [0, 0.05) is 25.4 Å². The van der Waals surface area contributed by atoms with E-state index in [-0.39, 0.29) is 0 Å². The van der Waals surface area contributed by atoms with E-state index in [0.29, 0.717) is 13.2 Å². The van der Waals surface area contributed by atoms with Crippen molar-refractivity contribution in [1.82, 2.24) is 9.78 Å². The molecule has 1 aromatic heterocycles. The lowest BCUT2D eigenvalue weighted by Crippen LogP contribution is -2.02. The highest BCUT2D eigenvalue weighted by Gasteiger charge is 2.07. The first kappa shape index (κ1) is 12.6. The smallest absolute Gasteiger partial charge is 0.125 e. The molecule has 0 unspecified atom stereocenters. The monoisotopic (exact) mass is 245 g/mol. The van der Waals surface area contributed by atoms with Crippen molar-refractivity contribution in [2.24, 2.45) is 12.8 Å². The predicted molar refractivity (Wildman–Crippen MR) is 71.3 cm³/mol. The van der Waals surface area contributed by atoms with E-state index in [1.54, 1.807) is 4.68 Å². The second-order valence-electron chi connectivity index (χ2n) is 4.57. The fourth-order valence-corrected chi connectivity index (χ4v) is 2.09. The highest BCUT2D eigenvalue weighted by molar-refractivity contribution is 5.43. The zero-order valence-electron chi connectivity index (χ0n) is 11.1. The van der Waals surface area contributed by atoms with Crippen LogP contribution < -0.4 is 10.5 Å². The van der Waals surface area contributed by atoms with E-state index >= 15 is 0 Å². The Kier molecular flexibility index (Phi) is 3.67. The highest BCUT2D eigenvalue weighted by Crippen LogP contribution is 2.25. The van der Waals surface area contributed by atoms with Crippen molar-refractivity contribution in [2.75, 3.05) is 0 Å². The predicted octanol–water partition coefficient (Wildman–Crippen LogP) is 2.07. The number of nitrogens with zero attached hydrogens (tertiary/aromatic N) is 2. The fraction of sp³-hybridized carbons (Fsp3) is 0.357. The largest absolute Gasteiger partial charge is 0.488 e. The molecule has 4 nitrogen and oxygen atoms in total. The second kappa shape index (κ2) is 5.23. The molecule has 0 spiro atoms. The van der Waals surface area contributed by atoms with Crippen LogP contribution in [-0.2, 0) is 20.2 Å². The molecule has 0 atom stereocenters. The van der Waals surface area contributed by atoms with Gasteiger partial charge in [0.1, 0.15) is 12.4 Å². The molecule has 0 aliphatic heterocycles. The van der Waals surface area contributed by atoms with Crippen LogP contribution in [-0.4, -0.2) is 9.78 Å². The van der Waals surface area contributed by atoms with Crippen molar-refractivity contribution in [1.29, 1.82) is 0 Å². The van der Waals surface area contributed by atoms with Crippen molar-refractivity contribution in [2.45, 2.75) is 27.0 Å². The van der Waals surface area contributed by atoms with E-state index in [2.05, 4.69) is 17.2 Å². The van der Waals surface area contributed by atoms with E-state index in [4.69, 9.17) is 10.5 Å². The third-order valence-corrected chi connectivity index (χ3v) is 2.90. The molecule has 0 bridgehead atoms. The number of aromatic nitrogens is 2. The first-order chi connectivity index (χ1) is 8.60. The summed E-state index contributed by atoms with van der Waals surface area (Å²) in [6.07, 6.45) is 3.78. The second-order valence-corrected chi connectivity index (χ2v) is 4.57. The van der Waals surface area contributed by atoms with Crippen LogP contribution in [0.2, 0.25) is 0 Å². The van der Waals surface area contributed by atoms with Crippen LogP contribution in [0.25, 0.3) is 0 Å². The summed E-state index contributed by atoms with van der Waals surface area (Å²) in [6.45, 7) is 5.19. The van der Waals surface area contributed by atoms with E-state index in [9.17, 15) is 0 Å². The van der Waals surface area contributed by atoms with Gasteiger partial charge in [0.15, 0.2) is 0 Å². The zero-order chi connectivity index (χ0) is 13.1. The van der Waals surface area contributed by atoms with Gasteiger partial charge in [-0.2, -0.15) is 5.10 Å². The molecule has 1 aromatic carbocycles. The Balaban J connectivity index is 2.14. The highest BCUT2D eigenvalue weighted by atomic mass is 16.5. The topological polar surface area (TPSA) is 53.1 Å². The lowest BCUT2D eigenvalue weighted by molar-refractivity contribution is 0.302. The average molecular weight is 245 g/mol. The summed E-state index contributed by atoms with van der Waals surface area (Å²) in [4.78, 5) is 0. The molecule has 1 heterocycles. The number of hydrogen-bond donors (Lipinski definition) is 1. The Morgan fingerprint density at radius 2 is 1.89 bits per heavy atom. The van der Waals surface area contributed by atoms with Gasteiger partial charge in [-0.15, -0.1) is 0 Å². The maximum absolute atomic E-state index is 5.87. The lowest BCUT2D eigenvalue weighted by Gasteiger charge is -2.13. The molecular weight excluding hydrogens is 226 g/mol. The van der Waals surface area contributed by atoms with Gasteiger partial charge in [0.25, 0.3) is 0 Å². The lowest BCUT2D eigenvalue weighted by atomic mass is 10.1. The van der Waals surface area contributed by atoms with Crippen LogP contribution in [0, 0.1) is 13.8 Å². The third-order valence-electron chi connectivity index (χ3n) is 2.90. The van der Waals surface area contributed by atoms with Crippen molar-refractivity contribution in [3.8, 4) is 5.75 Å². The standard InChI is InChI=1S/C14H19N3O/c1-10-4-12(6-15)5-11(2)14(10)18-9-13-7-16-17(3)8-13/h4-5,7-8H,6,9,15H2,1-3H3. The number of aryl methyl sites for hydroxylation is 3. The molecule has 0 fully saturated rings. The molecular formula is C14H19N3O. The third kappa shape index (κ3) is 2.71. The van der Waals surface area contributed by atoms with Crippen LogP contribution >= 0.6 is 0 Å². The number of nitrogens with two attached hydrogens (primary N) is 1. The number of ether oxygens (including phenoxy) is 1. The van der Waals surface area contributed by atoms with Gasteiger partial charge in [0.2, 0.25) is 0 Å². The molecule has 0 saturated heterocycles. The van der Waals surface area contributed by atoms with E-state index in [1.807, 2.05) is 33.3 Å². The summed E-state index contributed by atoms with van der Waals surface area (Å²) in [7, 11) is 1.90. The summed E-state index contributed by atoms with van der Waals surface area (Å²) < 4.78 is 7.65. The Bertz CT molecular complexity index is 523. The molecule has 18 heavy (non-hydrogen) atoms. The molecule has 2 aromatic rings. The maximum Gasteiger partial charge on any atom is 0.125 e. The number of rotatable bonds is 4. The fourth-order valence-electron chi connectivity index (χ4n) is 2.09. The Morgan fingerprint density at radius 3 is 2.39 bits per heavy atom. The molecule has 0 aliphatic carbocycles. The molecule has 0 saturated carbocycles. The van der Waals surface area contributed by atoms with Crippen molar-refractivity contribution in [3.63, 3.8) is 0 Å². The maximum atomic E-state index is 5.87. The van der Waals surface area contributed by atoms with Crippen LogP contribution in [0.3, 0.4) is 0 Å². The molecule has 0 radical (unpaired) electrons. The van der Waals surface area contributed by atoms with Crippen molar-refractivity contribution >= 4 is 0 Å². The van der Waals surface area contributed by atoms with Gasteiger partial charge in [0.05, 0.1) is 6.20 Å². The van der Waals surface area contributed by atoms with Gasteiger partial charge in [-0.25, -0.2) is 0 Å².